The van der Waals surface area contributed by atoms with E-state index in [0.717, 1.165) is 41.7 Å². The highest BCUT2D eigenvalue weighted by Gasteiger charge is 2.55. The number of carbonyl (C=O) groups is 1. The third kappa shape index (κ3) is 4.15. The first-order valence-electron chi connectivity index (χ1n) is 12.5. The SMILES string of the molecule is C=C1CC2COC(=O)C2(Cc2ccc(NS(=O)(=O)c3cccc4c(N(CC)CC)cccc34)cc2)C1. The molecular formula is C29H32N2O4S. The molecule has 0 spiro atoms. The van der Waals surface area contributed by atoms with Crippen LogP contribution in [0.3, 0.4) is 0 Å². The second-order valence-electron chi connectivity index (χ2n) is 9.86. The van der Waals surface area contributed by atoms with Gasteiger partial charge in [-0.1, -0.05) is 48.6 Å². The molecule has 1 saturated carbocycles. The molecule has 2 aliphatic rings. The van der Waals surface area contributed by atoms with Crippen molar-refractivity contribution in [1.82, 2.24) is 0 Å². The first-order chi connectivity index (χ1) is 17.3. The molecule has 1 heterocycles. The van der Waals surface area contributed by atoms with Gasteiger partial charge in [-0.2, -0.15) is 0 Å². The summed E-state index contributed by atoms with van der Waals surface area (Å²) in [7, 11) is -3.82. The highest BCUT2D eigenvalue weighted by molar-refractivity contribution is 7.93. The van der Waals surface area contributed by atoms with Crippen LogP contribution in [0.15, 0.2) is 77.7 Å². The summed E-state index contributed by atoms with van der Waals surface area (Å²) >= 11 is 0. The van der Waals surface area contributed by atoms with Gasteiger partial charge in [-0.3, -0.25) is 9.52 Å². The number of hydrogen-bond acceptors (Lipinski definition) is 5. The van der Waals surface area contributed by atoms with E-state index in [4.69, 9.17) is 4.74 Å². The van der Waals surface area contributed by atoms with Gasteiger partial charge in [-0.15, -0.1) is 0 Å². The molecule has 2 atom stereocenters. The minimum absolute atomic E-state index is 0.143. The number of benzene rings is 3. The summed E-state index contributed by atoms with van der Waals surface area (Å²) in [4.78, 5) is 15.1. The van der Waals surface area contributed by atoms with Crippen molar-refractivity contribution in [3.63, 3.8) is 0 Å². The van der Waals surface area contributed by atoms with Crippen molar-refractivity contribution in [2.75, 3.05) is 29.3 Å². The minimum Gasteiger partial charge on any atom is -0.465 e. The largest absolute Gasteiger partial charge is 0.465 e. The van der Waals surface area contributed by atoms with Gasteiger partial charge < -0.3 is 9.64 Å². The number of anilines is 2. The lowest BCUT2D eigenvalue weighted by atomic mass is 9.75. The highest BCUT2D eigenvalue weighted by atomic mass is 32.2. The lowest BCUT2D eigenvalue weighted by Crippen LogP contribution is -2.31. The average Bonchev–Trinajstić information content (AvgIpc) is 3.34. The Hall–Kier alpha value is -3.32. The van der Waals surface area contributed by atoms with E-state index in [1.165, 1.54) is 0 Å². The van der Waals surface area contributed by atoms with E-state index in [9.17, 15) is 13.2 Å². The molecule has 1 aliphatic heterocycles. The van der Waals surface area contributed by atoms with Gasteiger partial charge in [0.2, 0.25) is 0 Å². The Labute approximate surface area is 213 Å². The molecule has 0 amide bonds. The number of carbonyl (C=O) groups excluding carboxylic acids is 1. The van der Waals surface area contributed by atoms with E-state index >= 15 is 0 Å². The van der Waals surface area contributed by atoms with E-state index in [1.807, 2.05) is 36.4 Å². The molecule has 6 nitrogen and oxygen atoms in total. The van der Waals surface area contributed by atoms with Crippen molar-refractivity contribution in [2.45, 2.75) is 38.0 Å². The molecule has 1 saturated heterocycles. The van der Waals surface area contributed by atoms with Crippen LogP contribution in [0, 0.1) is 11.3 Å². The number of esters is 1. The Morgan fingerprint density at radius 2 is 1.72 bits per heavy atom. The molecule has 0 bridgehead atoms. The molecule has 1 aliphatic carbocycles. The normalized spacial score (nSPS) is 21.4. The fourth-order valence-electron chi connectivity index (χ4n) is 5.87. The number of rotatable bonds is 8. The average molecular weight is 505 g/mol. The monoisotopic (exact) mass is 504 g/mol. The lowest BCUT2D eigenvalue weighted by Gasteiger charge is -2.24. The number of cyclic esters (lactones) is 1. The first kappa shape index (κ1) is 24.4. The van der Waals surface area contributed by atoms with Crippen LogP contribution in [-0.4, -0.2) is 34.1 Å². The molecular weight excluding hydrogens is 472 g/mol. The van der Waals surface area contributed by atoms with Gasteiger partial charge in [0, 0.05) is 41.2 Å². The summed E-state index contributed by atoms with van der Waals surface area (Å²) in [5, 5.41) is 1.60. The standard InChI is InChI=1S/C29H32N2O4S/c1-4-31(5-2)26-10-6-9-25-24(26)8-7-11-27(25)36(33,34)30-23-14-12-21(13-15-23)18-29-17-20(3)16-22(29)19-35-28(29)32/h6-15,22,30H,3-5,16-19H2,1-2H3. The molecule has 3 aromatic rings. The van der Waals surface area contributed by atoms with Gasteiger partial charge in [0.05, 0.1) is 16.9 Å². The minimum atomic E-state index is -3.82. The molecule has 2 unspecified atom stereocenters. The van der Waals surface area contributed by atoms with Crippen LogP contribution < -0.4 is 9.62 Å². The Morgan fingerprint density at radius 1 is 1.03 bits per heavy atom. The molecule has 0 aromatic heterocycles. The summed E-state index contributed by atoms with van der Waals surface area (Å²) in [6, 6.07) is 18.5. The number of ether oxygens (including phenoxy) is 1. The lowest BCUT2D eigenvalue weighted by molar-refractivity contribution is -0.146. The van der Waals surface area contributed by atoms with Crippen molar-refractivity contribution in [2.24, 2.45) is 11.3 Å². The van der Waals surface area contributed by atoms with Crippen LogP contribution in [0.5, 0.6) is 0 Å². The third-order valence-electron chi connectivity index (χ3n) is 7.68. The number of allylic oxidation sites excluding steroid dienone is 1. The summed E-state index contributed by atoms with van der Waals surface area (Å²) < 4.78 is 35.0. The zero-order valence-corrected chi connectivity index (χ0v) is 21.6. The number of hydrogen-bond donors (Lipinski definition) is 1. The van der Waals surface area contributed by atoms with Gasteiger partial charge in [-0.25, -0.2) is 8.42 Å². The molecule has 188 valence electrons. The molecule has 3 aromatic carbocycles. The Balaban J connectivity index is 1.40. The molecule has 5 rings (SSSR count). The van der Waals surface area contributed by atoms with Crippen LogP contribution in [0.1, 0.15) is 32.3 Å². The third-order valence-corrected chi connectivity index (χ3v) is 9.12. The van der Waals surface area contributed by atoms with E-state index in [2.05, 4.69) is 30.0 Å². The van der Waals surface area contributed by atoms with E-state index in [0.29, 0.717) is 30.5 Å². The fraction of sp³-hybridized carbons (Fsp3) is 0.345. The van der Waals surface area contributed by atoms with Gasteiger partial charge in [0.25, 0.3) is 10.0 Å². The van der Waals surface area contributed by atoms with Crippen LogP contribution in [0.25, 0.3) is 10.8 Å². The predicted molar refractivity (Wildman–Crippen MR) is 144 cm³/mol. The van der Waals surface area contributed by atoms with Gasteiger partial charge in [0.15, 0.2) is 0 Å². The van der Waals surface area contributed by atoms with Crippen molar-refractivity contribution in [3.05, 3.63) is 78.4 Å². The summed E-state index contributed by atoms with van der Waals surface area (Å²) in [6.45, 7) is 10.4. The molecule has 7 heteroatoms. The van der Waals surface area contributed by atoms with Crippen LogP contribution in [0.2, 0.25) is 0 Å². The van der Waals surface area contributed by atoms with Crippen LogP contribution in [-0.2, 0) is 26.0 Å². The van der Waals surface area contributed by atoms with Gasteiger partial charge in [0.1, 0.15) is 0 Å². The number of fused-ring (bicyclic) bond motifs is 2. The maximum atomic E-state index is 13.4. The maximum Gasteiger partial charge on any atom is 0.313 e. The summed E-state index contributed by atoms with van der Waals surface area (Å²) in [6.07, 6.45) is 2.05. The first-order valence-corrected chi connectivity index (χ1v) is 14.0. The zero-order chi connectivity index (χ0) is 25.5. The summed E-state index contributed by atoms with van der Waals surface area (Å²) in [5.74, 6) is 0.0271. The second kappa shape index (κ2) is 9.28. The van der Waals surface area contributed by atoms with Crippen molar-refractivity contribution in [1.29, 1.82) is 0 Å². The Morgan fingerprint density at radius 3 is 2.44 bits per heavy atom. The van der Waals surface area contributed by atoms with E-state index in [1.54, 1.807) is 24.3 Å². The number of nitrogens with zero attached hydrogens (tertiary/aromatic N) is 1. The quantitative estimate of drug-likeness (QED) is 0.322. The smallest absolute Gasteiger partial charge is 0.313 e. The van der Waals surface area contributed by atoms with Crippen molar-refractivity contribution in [3.8, 4) is 0 Å². The van der Waals surface area contributed by atoms with E-state index in [-0.39, 0.29) is 16.8 Å². The molecule has 0 radical (unpaired) electrons. The number of sulfonamides is 1. The van der Waals surface area contributed by atoms with Crippen molar-refractivity contribution < 1.29 is 17.9 Å². The van der Waals surface area contributed by atoms with Crippen LogP contribution in [0.4, 0.5) is 11.4 Å². The van der Waals surface area contributed by atoms with Crippen LogP contribution >= 0.6 is 0 Å². The molecule has 1 N–H and O–H groups in total. The summed E-state index contributed by atoms with van der Waals surface area (Å²) in [5.41, 5.74) is 3.04. The van der Waals surface area contributed by atoms with Gasteiger partial charge >= 0.3 is 5.97 Å². The topological polar surface area (TPSA) is 75.7 Å². The second-order valence-corrected chi connectivity index (χ2v) is 11.5. The predicted octanol–water partition coefficient (Wildman–Crippen LogP) is 5.54. The van der Waals surface area contributed by atoms with Crippen molar-refractivity contribution >= 4 is 38.1 Å². The van der Waals surface area contributed by atoms with Gasteiger partial charge in [-0.05, 0) is 62.9 Å². The zero-order valence-electron chi connectivity index (χ0n) is 20.8. The maximum absolute atomic E-state index is 13.4. The molecule has 36 heavy (non-hydrogen) atoms. The number of nitrogens with one attached hydrogen (secondary N) is 1. The van der Waals surface area contributed by atoms with E-state index < -0.39 is 15.4 Å². The fourth-order valence-corrected chi connectivity index (χ4v) is 7.15. The molecule has 2 fully saturated rings. The highest BCUT2D eigenvalue weighted by Crippen LogP contribution is 2.52. The Bertz CT molecular complexity index is 1430. The Kier molecular flexibility index (Phi) is 6.29.